The Hall–Kier alpha value is -1.13. The van der Waals surface area contributed by atoms with Gasteiger partial charge in [0.1, 0.15) is 0 Å². The molecule has 166 valence electrons. The number of halogens is 3. The van der Waals surface area contributed by atoms with Crippen molar-refractivity contribution in [3.8, 4) is 0 Å². The number of benzene rings is 2. The Bertz CT molecular complexity index is 1000. The van der Waals surface area contributed by atoms with E-state index >= 15 is 0 Å². The van der Waals surface area contributed by atoms with Crippen molar-refractivity contribution in [3.63, 3.8) is 0 Å². The summed E-state index contributed by atoms with van der Waals surface area (Å²) in [5.74, 6) is -0.221. The lowest BCUT2D eigenvalue weighted by atomic mass is 10.1. The molecule has 1 amide bonds. The Morgan fingerprint density at radius 1 is 1.00 bits per heavy atom. The molecule has 0 saturated carbocycles. The van der Waals surface area contributed by atoms with E-state index < -0.39 is 10.0 Å². The Morgan fingerprint density at radius 2 is 1.67 bits per heavy atom. The van der Waals surface area contributed by atoms with Crippen LogP contribution in [-0.2, 0) is 14.8 Å². The third kappa shape index (κ3) is 5.37. The van der Waals surface area contributed by atoms with Crippen LogP contribution in [0.15, 0.2) is 41.3 Å². The first-order chi connectivity index (χ1) is 13.4. The van der Waals surface area contributed by atoms with E-state index in [4.69, 9.17) is 11.6 Å². The SMILES string of the molecule is Cl.Cl.O=C1CN(S(=O)(=O)c2ccc3cc(Cl)ccc3c2)CCN1NC1CCNCC1. The van der Waals surface area contributed by atoms with Gasteiger partial charge in [0.05, 0.1) is 18.0 Å². The van der Waals surface area contributed by atoms with Gasteiger partial charge in [-0.25, -0.2) is 13.8 Å². The molecule has 0 bridgehead atoms. The lowest BCUT2D eigenvalue weighted by molar-refractivity contribution is -0.138. The van der Waals surface area contributed by atoms with Gasteiger partial charge in [-0.2, -0.15) is 4.31 Å². The maximum atomic E-state index is 13.0. The first kappa shape index (κ1) is 25.1. The van der Waals surface area contributed by atoms with E-state index in [0.29, 0.717) is 11.6 Å². The third-order valence-electron chi connectivity index (χ3n) is 5.27. The summed E-state index contributed by atoms with van der Waals surface area (Å²) in [5.41, 5.74) is 3.26. The summed E-state index contributed by atoms with van der Waals surface area (Å²) >= 11 is 5.99. The molecular formula is C19H25Cl3N4O3S. The van der Waals surface area contributed by atoms with E-state index in [0.717, 1.165) is 36.7 Å². The molecule has 2 aromatic rings. The van der Waals surface area contributed by atoms with Crippen LogP contribution in [0, 0.1) is 0 Å². The van der Waals surface area contributed by atoms with Crippen molar-refractivity contribution in [2.75, 3.05) is 32.7 Å². The molecule has 7 nitrogen and oxygen atoms in total. The molecule has 0 atom stereocenters. The van der Waals surface area contributed by atoms with Crippen LogP contribution in [0.5, 0.6) is 0 Å². The fourth-order valence-corrected chi connectivity index (χ4v) is 5.27. The summed E-state index contributed by atoms with van der Waals surface area (Å²) < 4.78 is 27.3. The van der Waals surface area contributed by atoms with E-state index in [1.807, 2.05) is 0 Å². The molecule has 0 spiro atoms. The third-order valence-corrected chi connectivity index (χ3v) is 7.35. The molecule has 2 N–H and O–H groups in total. The van der Waals surface area contributed by atoms with Crippen LogP contribution >= 0.6 is 36.4 Å². The van der Waals surface area contributed by atoms with Crippen LogP contribution in [0.2, 0.25) is 5.02 Å². The van der Waals surface area contributed by atoms with E-state index in [1.54, 1.807) is 41.4 Å². The number of nitrogens with zero attached hydrogens (tertiary/aromatic N) is 2. The Labute approximate surface area is 194 Å². The van der Waals surface area contributed by atoms with Crippen LogP contribution in [0.1, 0.15) is 12.8 Å². The number of piperidine rings is 1. The number of carbonyl (C=O) groups is 1. The molecular weight excluding hydrogens is 471 g/mol. The standard InChI is InChI=1S/C19H23ClN4O3S.2ClH/c20-16-3-1-15-12-18(4-2-14(15)11-16)28(26,27)23-9-10-24(19(25)13-23)22-17-5-7-21-8-6-17;;/h1-4,11-12,17,21-22H,5-10,13H2;2*1H. The van der Waals surface area contributed by atoms with Gasteiger partial charge < -0.3 is 5.32 Å². The number of nitrogens with one attached hydrogen (secondary N) is 2. The summed E-state index contributed by atoms with van der Waals surface area (Å²) in [6.07, 6.45) is 1.90. The number of hydrogen-bond donors (Lipinski definition) is 2. The monoisotopic (exact) mass is 494 g/mol. The zero-order valence-corrected chi connectivity index (χ0v) is 19.4. The smallest absolute Gasteiger partial charge is 0.252 e. The Balaban J connectivity index is 0.00000160. The van der Waals surface area contributed by atoms with Gasteiger partial charge in [-0.15, -0.1) is 24.8 Å². The van der Waals surface area contributed by atoms with Crippen LogP contribution < -0.4 is 10.7 Å². The van der Waals surface area contributed by atoms with Crippen molar-refractivity contribution in [1.29, 1.82) is 0 Å². The maximum absolute atomic E-state index is 13.0. The molecule has 2 aliphatic heterocycles. The molecule has 2 aromatic carbocycles. The normalized spacial score (nSPS) is 18.7. The number of fused-ring (bicyclic) bond motifs is 1. The number of rotatable bonds is 4. The average Bonchev–Trinajstić information content (AvgIpc) is 2.69. The van der Waals surface area contributed by atoms with Gasteiger partial charge in [-0.3, -0.25) is 9.80 Å². The van der Waals surface area contributed by atoms with Crippen molar-refractivity contribution < 1.29 is 13.2 Å². The number of piperazine rings is 1. The molecule has 0 unspecified atom stereocenters. The van der Waals surface area contributed by atoms with Gasteiger partial charge in [-0.05, 0) is 61.0 Å². The van der Waals surface area contributed by atoms with Gasteiger partial charge in [0.2, 0.25) is 10.0 Å². The van der Waals surface area contributed by atoms with Crippen LogP contribution in [0.3, 0.4) is 0 Å². The predicted octanol–water partition coefficient (Wildman–Crippen LogP) is 2.43. The zero-order chi connectivity index (χ0) is 19.7. The van der Waals surface area contributed by atoms with Crippen molar-refractivity contribution in [2.45, 2.75) is 23.8 Å². The second-order valence-electron chi connectivity index (χ2n) is 7.19. The highest BCUT2D eigenvalue weighted by molar-refractivity contribution is 7.89. The molecule has 30 heavy (non-hydrogen) atoms. The Kier molecular flexibility index (Phi) is 8.76. The van der Waals surface area contributed by atoms with E-state index in [9.17, 15) is 13.2 Å². The first-order valence-corrected chi connectivity index (χ1v) is 11.2. The van der Waals surface area contributed by atoms with Gasteiger partial charge in [-0.1, -0.05) is 23.7 Å². The quantitative estimate of drug-likeness (QED) is 0.681. The Morgan fingerprint density at radius 3 is 2.37 bits per heavy atom. The zero-order valence-electron chi connectivity index (χ0n) is 16.2. The van der Waals surface area contributed by atoms with Gasteiger partial charge in [0, 0.05) is 17.6 Å². The van der Waals surface area contributed by atoms with Crippen LogP contribution in [0.4, 0.5) is 0 Å². The molecule has 4 rings (SSSR count). The van der Waals surface area contributed by atoms with Gasteiger partial charge in [0.25, 0.3) is 5.91 Å². The van der Waals surface area contributed by atoms with Crippen molar-refractivity contribution in [3.05, 3.63) is 41.4 Å². The predicted molar refractivity (Wildman–Crippen MR) is 123 cm³/mol. The molecule has 2 aliphatic rings. The second-order valence-corrected chi connectivity index (χ2v) is 9.56. The minimum Gasteiger partial charge on any atom is -0.317 e. The summed E-state index contributed by atoms with van der Waals surface area (Å²) in [7, 11) is -3.74. The maximum Gasteiger partial charge on any atom is 0.252 e. The number of amides is 1. The summed E-state index contributed by atoms with van der Waals surface area (Å²) in [6.45, 7) is 2.30. The summed E-state index contributed by atoms with van der Waals surface area (Å²) in [6, 6.07) is 10.5. The molecule has 0 aliphatic carbocycles. The van der Waals surface area contributed by atoms with Crippen molar-refractivity contribution in [1.82, 2.24) is 20.1 Å². The van der Waals surface area contributed by atoms with E-state index in [-0.39, 0.29) is 54.7 Å². The minimum atomic E-state index is -3.74. The fourth-order valence-electron chi connectivity index (χ4n) is 3.67. The topological polar surface area (TPSA) is 81.8 Å². The van der Waals surface area contributed by atoms with Crippen molar-refractivity contribution >= 4 is 63.1 Å². The molecule has 2 heterocycles. The number of hydrogen-bond acceptors (Lipinski definition) is 5. The number of carbonyl (C=O) groups excluding carboxylic acids is 1. The highest BCUT2D eigenvalue weighted by atomic mass is 35.5. The fraction of sp³-hybridized carbons (Fsp3) is 0.421. The van der Waals surface area contributed by atoms with E-state index in [1.165, 1.54) is 4.31 Å². The molecule has 2 saturated heterocycles. The largest absolute Gasteiger partial charge is 0.317 e. The molecule has 0 aromatic heterocycles. The molecule has 0 radical (unpaired) electrons. The van der Waals surface area contributed by atoms with Crippen LogP contribution in [0.25, 0.3) is 10.8 Å². The van der Waals surface area contributed by atoms with Gasteiger partial charge in [0.15, 0.2) is 0 Å². The summed E-state index contributed by atoms with van der Waals surface area (Å²) in [5, 5.41) is 7.13. The highest BCUT2D eigenvalue weighted by Crippen LogP contribution is 2.25. The van der Waals surface area contributed by atoms with E-state index in [2.05, 4.69) is 10.7 Å². The molecule has 11 heteroatoms. The average molecular weight is 496 g/mol. The highest BCUT2D eigenvalue weighted by Gasteiger charge is 2.33. The van der Waals surface area contributed by atoms with Crippen LogP contribution in [-0.4, -0.2) is 62.4 Å². The lowest BCUT2D eigenvalue weighted by Gasteiger charge is -2.37. The summed E-state index contributed by atoms with van der Waals surface area (Å²) in [4.78, 5) is 12.7. The number of sulfonamides is 1. The number of hydrazine groups is 1. The minimum absolute atomic E-state index is 0. The lowest BCUT2D eigenvalue weighted by Crippen LogP contribution is -2.59. The van der Waals surface area contributed by atoms with Gasteiger partial charge >= 0.3 is 0 Å². The second kappa shape index (κ2) is 10.5. The molecule has 2 fully saturated rings. The van der Waals surface area contributed by atoms with Crippen molar-refractivity contribution in [2.24, 2.45) is 0 Å². The first-order valence-electron chi connectivity index (χ1n) is 9.40.